The van der Waals surface area contributed by atoms with Gasteiger partial charge in [0.25, 0.3) is 0 Å². The van der Waals surface area contributed by atoms with Crippen LogP contribution in [0.2, 0.25) is 0 Å². The number of benzene rings is 1. The van der Waals surface area contributed by atoms with E-state index in [-0.39, 0.29) is 5.91 Å². The maximum absolute atomic E-state index is 11.9. The van der Waals surface area contributed by atoms with Crippen LogP contribution in [0.25, 0.3) is 0 Å². The Bertz CT molecular complexity index is 508. The highest BCUT2D eigenvalue weighted by atomic mass is 16.2. The molecular weight excluding hydrogens is 218 g/mol. The summed E-state index contributed by atoms with van der Waals surface area (Å²) in [7, 11) is 0. The van der Waals surface area contributed by atoms with Gasteiger partial charge in [0, 0.05) is 0 Å². The molecule has 3 N–H and O–H groups in total. The van der Waals surface area contributed by atoms with Gasteiger partial charge in [0.15, 0.2) is 0 Å². The third-order valence-corrected chi connectivity index (χ3v) is 2.43. The molecule has 0 radical (unpaired) electrons. The quantitative estimate of drug-likeness (QED) is 0.773. The molecule has 0 aliphatic carbocycles. The van der Waals surface area contributed by atoms with Gasteiger partial charge in [-0.05, 0) is 19.1 Å². The minimum absolute atomic E-state index is 0.187. The topological polar surface area (TPSA) is 85.8 Å². The third kappa shape index (κ3) is 2.41. The average molecular weight is 231 g/mol. The van der Waals surface area contributed by atoms with Crippen molar-refractivity contribution in [3.63, 3.8) is 0 Å². The molecule has 1 atom stereocenters. The van der Waals surface area contributed by atoms with Gasteiger partial charge in [0.05, 0.1) is 11.4 Å². The molecule has 1 heterocycles. The number of hydrogen-bond acceptors (Lipinski definition) is 4. The Hall–Kier alpha value is -2.37. The van der Waals surface area contributed by atoms with Crippen molar-refractivity contribution in [1.29, 1.82) is 0 Å². The van der Waals surface area contributed by atoms with E-state index < -0.39 is 6.04 Å². The van der Waals surface area contributed by atoms with Crippen LogP contribution in [-0.4, -0.2) is 20.7 Å². The molecule has 0 aliphatic rings. The lowest BCUT2D eigenvalue weighted by molar-refractivity contribution is -0.119. The van der Waals surface area contributed by atoms with E-state index in [0.29, 0.717) is 11.4 Å². The first-order chi connectivity index (χ1) is 8.18. The van der Waals surface area contributed by atoms with Crippen LogP contribution in [0.4, 0.5) is 11.4 Å². The summed E-state index contributed by atoms with van der Waals surface area (Å²) in [5, 5.41) is 6.66. The van der Waals surface area contributed by atoms with Gasteiger partial charge in [0.2, 0.25) is 5.91 Å². The maximum atomic E-state index is 11.9. The van der Waals surface area contributed by atoms with Gasteiger partial charge in [-0.15, -0.1) is 0 Å². The van der Waals surface area contributed by atoms with Crippen LogP contribution in [0, 0.1) is 0 Å². The Morgan fingerprint density at radius 2 is 2.24 bits per heavy atom. The van der Waals surface area contributed by atoms with Crippen LogP contribution >= 0.6 is 0 Å². The van der Waals surface area contributed by atoms with Gasteiger partial charge < -0.3 is 11.1 Å². The molecule has 0 spiro atoms. The Morgan fingerprint density at radius 1 is 1.47 bits per heavy atom. The van der Waals surface area contributed by atoms with E-state index in [1.54, 1.807) is 19.1 Å². The monoisotopic (exact) mass is 231 g/mol. The summed E-state index contributed by atoms with van der Waals surface area (Å²) in [5.74, 6) is -0.187. The molecule has 1 amide bonds. The largest absolute Gasteiger partial charge is 0.397 e. The van der Waals surface area contributed by atoms with Gasteiger partial charge in [-0.3, -0.25) is 4.79 Å². The Morgan fingerprint density at radius 3 is 2.88 bits per heavy atom. The number of hydrogen-bond donors (Lipinski definition) is 2. The summed E-state index contributed by atoms with van der Waals surface area (Å²) in [6.07, 6.45) is 2.89. The molecule has 0 aliphatic heterocycles. The summed E-state index contributed by atoms with van der Waals surface area (Å²) in [5.41, 5.74) is 6.87. The van der Waals surface area contributed by atoms with Crippen molar-refractivity contribution in [1.82, 2.24) is 14.8 Å². The fourth-order valence-corrected chi connectivity index (χ4v) is 1.39. The zero-order valence-electron chi connectivity index (χ0n) is 9.37. The fraction of sp³-hybridized carbons (Fsp3) is 0.182. The summed E-state index contributed by atoms with van der Waals surface area (Å²) < 4.78 is 1.48. The number of aromatic nitrogens is 3. The second kappa shape index (κ2) is 4.65. The highest BCUT2D eigenvalue weighted by molar-refractivity contribution is 5.95. The van der Waals surface area contributed by atoms with Gasteiger partial charge in [0.1, 0.15) is 18.7 Å². The van der Waals surface area contributed by atoms with Crippen molar-refractivity contribution in [2.75, 3.05) is 11.1 Å². The number of nitrogens with two attached hydrogens (primary N) is 1. The van der Waals surface area contributed by atoms with Gasteiger partial charge in [-0.2, -0.15) is 5.10 Å². The minimum atomic E-state index is -0.433. The summed E-state index contributed by atoms with van der Waals surface area (Å²) in [6, 6.07) is 6.67. The molecule has 0 saturated carbocycles. The second-order valence-electron chi connectivity index (χ2n) is 3.63. The van der Waals surface area contributed by atoms with Crippen molar-refractivity contribution in [3.8, 4) is 0 Å². The molecule has 1 aromatic heterocycles. The van der Waals surface area contributed by atoms with Gasteiger partial charge in [-0.1, -0.05) is 12.1 Å². The highest BCUT2D eigenvalue weighted by Crippen LogP contribution is 2.18. The molecule has 6 heteroatoms. The number of amides is 1. The smallest absolute Gasteiger partial charge is 0.249 e. The van der Waals surface area contributed by atoms with Crippen molar-refractivity contribution < 1.29 is 4.79 Å². The molecule has 6 nitrogen and oxygen atoms in total. The number of para-hydroxylation sites is 2. The van der Waals surface area contributed by atoms with Crippen molar-refractivity contribution >= 4 is 17.3 Å². The molecule has 2 rings (SSSR count). The van der Waals surface area contributed by atoms with Crippen LogP contribution in [0.5, 0.6) is 0 Å². The number of nitrogens with zero attached hydrogens (tertiary/aromatic N) is 3. The summed E-state index contributed by atoms with van der Waals surface area (Å²) in [4.78, 5) is 15.7. The average Bonchev–Trinajstić information content (AvgIpc) is 2.84. The standard InChI is InChI=1S/C11H13N5O/c1-8(16-7-13-6-14-16)11(17)15-10-5-3-2-4-9(10)12/h2-8H,12H2,1H3,(H,15,17). The van der Waals surface area contributed by atoms with Gasteiger partial charge in [-0.25, -0.2) is 9.67 Å². The number of carbonyl (C=O) groups excluding carboxylic acids is 1. The molecule has 88 valence electrons. The van der Waals surface area contributed by atoms with E-state index in [1.165, 1.54) is 17.3 Å². The second-order valence-corrected chi connectivity index (χ2v) is 3.63. The number of nitrogen functional groups attached to an aromatic ring is 1. The molecule has 17 heavy (non-hydrogen) atoms. The highest BCUT2D eigenvalue weighted by Gasteiger charge is 2.15. The summed E-state index contributed by atoms with van der Waals surface area (Å²) >= 11 is 0. The normalized spacial score (nSPS) is 12.1. The van der Waals surface area contributed by atoms with E-state index in [9.17, 15) is 4.79 Å². The first-order valence-electron chi connectivity index (χ1n) is 5.18. The Balaban J connectivity index is 2.10. The van der Waals surface area contributed by atoms with Crippen molar-refractivity contribution in [2.45, 2.75) is 13.0 Å². The van der Waals surface area contributed by atoms with Crippen LogP contribution in [0.15, 0.2) is 36.9 Å². The number of carbonyl (C=O) groups is 1. The molecule has 1 unspecified atom stereocenters. The predicted molar refractivity (Wildman–Crippen MR) is 64.2 cm³/mol. The zero-order valence-corrected chi connectivity index (χ0v) is 9.37. The van der Waals surface area contributed by atoms with Crippen molar-refractivity contribution in [3.05, 3.63) is 36.9 Å². The maximum Gasteiger partial charge on any atom is 0.249 e. The number of anilines is 2. The molecule has 0 fully saturated rings. The molecule has 2 aromatic rings. The van der Waals surface area contributed by atoms with Crippen LogP contribution in [0.3, 0.4) is 0 Å². The minimum Gasteiger partial charge on any atom is -0.397 e. The van der Waals surface area contributed by atoms with Gasteiger partial charge >= 0.3 is 0 Å². The third-order valence-electron chi connectivity index (χ3n) is 2.43. The number of nitrogens with one attached hydrogen (secondary N) is 1. The number of rotatable bonds is 3. The Labute approximate surface area is 98.5 Å². The fourth-order valence-electron chi connectivity index (χ4n) is 1.39. The summed E-state index contributed by atoms with van der Waals surface area (Å²) in [6.45, 7) is 1.74. The van der Waals surface area contributed by atoms with Crippen LogP contribution < -0.4 is 11.1 Å². The van der Waals surface area contributed by atoms with Crippen molar-refractivity contribution in [2.24, 2.45) is 0 Å². The molecule has 0 saturated heterocycles. The lowest BCUT2D eigenvalue weighted by atomic mass is 10.2. The SMILES string of the molecule is CC(C(=O)Nc1ccccc1N)n1cncn1. The molecular formula is C11H13N5O. The van der Waals surface area contributed by atoms with E-state index >= 15 is 0 Å². The molecule has 1 aromatic carbocycles. The predicted octanol–water partition coefficient (Wildman–Crippen LogP) is 1.06. The van der Waals surface area contributed by atoms with E-state index in [1.807, 2.05) is 12.1 Å². The lowest BCUT2D eigenvalue weighted by Gasteiger charge is -2.13. The van der Waals surface area contributed by atoms with E-state index in [0.717, 1.165) is 0 Å². The molecule has 0 bridgehead atoms. The first kappa shape index (κ1) is 11.1. The van der Waals surface area contributed by atoms with E-state index in [4.69, 9.17) is 5.73 Å². The Kier molecular flexibility index (Phi) is 3.04. The van der Waals surface area contributed by atoms with Crippen LogP contribution in [0.1, 0.15) is 13.0 Å². The van der Waals surface area contributed by atoms with Crippen LogP contribution in [-0.2, 0) is 4.79 Å². The van der Waals surface area contributed by atoms with E-state index in [2.05, 4.69) is 15.4 Å². The first-order valence-corrected chi connectivity index (χ1v) is 5.18. The zero-order chi connectivity index (χ0) is 12.3. The lowest BCUT2D eigenvalue weighted by Crippen LogP contribution is -2.24.